The average molecular weight is 291 g/mol. The Morgan fingerprint density at radius 1 is 1.29 bits per heavy atom. The number of ether oxygens (including phenoxy) is 2. The number of benzene rings is 2. The Kier molecular flexibility index (Phi) is 4.27. The van der Waals surface area contributed by atoms with Crippen LogP contribution in [0.25, 0.3) is 0 Å². The molecule has 3 N–H and O–H groups in total. The van der Waals surface area contributed by atoms with Crippen LogP contribution in [0, 0.1) is 5.82 Å². The predicted molar refractivity (Wildman–Crippen MR) is 75.1 cm³/mol. The Hall–Kier alpha value is -2.76. The predicted octanol–water partition coefficient (Wildman–Crippen LogP) is 2.69. The Bertz CT molecular complexity index is 673. The largest absolute Gasteiger partial charge is 0.494 e. The van der Waals surface area contributed by atoms with E-state index in [0.29, 0.717) is 5.69 Å². The van der Waals surface area contributed by atoms with Gasteiger partial charge in [0.25, 0.3) is 0 Å². The fourth-order valence-electron chi connectivity index (χ4n) is 1.82. The average Bonchev–Trinajstić information content (AvgIpc) is 2.47. The zero-order valence-electron chi connectivity index (χ0n) is 11.3. The van der Waals surface area contributed by atoms with Crippen molar-refractivity contribution in [3.05, 3.63) is 53.3 Å². The van der Waals surface area contributed by atoms with Crippen LogP contribution < -0.4 is 15.2 Å². The minimum atomic E-state index is -1.16. The molecule has 0 aromatic heterocycles. The van der Waals surface area contributed by atoms with Crippen LogP contribution in [0.1, 0.15) is 15.9 Å². The Balaban J connectivity index is 2.23. The summed E-state index contributed by atoms with van der Waals surface area (Å²) in [5.41, 5.74) is 6.05. The Labute approximate surface area is 120 Å². The van der Waals surface area contributed by atoms with Crippen LogP contribution in [0.5, 0.6) is 11.5 Å². The van der Waals surface area contributed by atoms with Crippen molar-refractivity contribution in [1.29, 1.82) is 0 Å². The number of nitrogen functional groups attached to an aromatic ring is 1. The van der Waals surface area contributed by atoms with E-state index in [-0.39, 0.29) is 29.2 Å². The third kappa shape index (κ3) is 3.22. The van der Waals surface area contributed by atoms with Crippen LogP contribution in [-0.4, -0.2) is 18.2 Å². The summed E-state index contributed by atoms with van der Waals surface area (Å²) >= 11 is 0. The number of carboxylic acid groups (broad SMARTS) is 1. The number of methoxy groups -OCH3 is 1. The summed E-state index contributed by atoms with van der Waals surface area (Å²) in [6.07, 6.45) is 0. The first-order valence-corrected chi connectivity index (χ1v) is 6.10. The fourth-order valence-corrected chi connectivity index (χ4v) is 1.82. The molecule has 0 heterocycles. The van der Waals surface area contributed by atoms with Gasteiger partial charge in [-0.05, 0) is 24.3 Å². The number of carbonyl (C=O) groups is 1. The topological polar surface area (TPSA) is 81.8 Å². The van der Waals surface area contributed by atoms with Crippen molar-refractivity contribution in [3.63, 3.8) is 0 Å². The van der Waals surface area contributed by atoms with Gasteiger partial charge >= 0.3 is 5.97 Å². The Morgan fingerprint density at radius 3 is 2.71 bits per heavy atom. The number of anilines is 1. The zero-order chi connectivity index (χ0) is 15.4. The standard InChI is InChI=1S/C15H14FNO4/c1-20-13-4-2-3-9(14(13)16)8-21-12-6-5-10(17)7-11(12)15(18)19/h2-7H,8,17H2,1H3,(H,18,19). The van der Waals surface area contributed by atoms with Gasteiger partial charge in [-0.2, -0.15) is 0 Å². The van der Waals surface area contributed by atoms with E-state index in [1.165, 1.54) is 37.4 Å². The van der Waals surface area contributed by atoms with Gasteiger partial charge in [0.1, 0.15) is 17.9 Å². The molecular formula is C15H14FNO4. The van der Waals surface area contributed by atoms with Crippen LogP contribution in [0.3, 0.4) is 0 Å². The van der Waals surface area contributed by atoms with Gasteiger partial charge in [-0.1, -0.05) is 12.1 Å². The maximum atomic E-state index is 14.0. The zero-order valence-corrected chi connectivity index (χ0v) is 11.3. The minimum absolute atomic E-state index is 0.0710. The number of hydrogen-bond acceptors (Lipinski definition) is 4. The maximum absolute atomic E-state index is 14.0. The van der Waals surface area contributed by atoms with Crippen LogP contribution in [0.2, 0.25) is 0 Å². The summed E-state index contributed by atoms with van der Waals surface area (Å²) in [5, 5.41) is 9.09. The monoisotopic (exact) mass is 291 g/mol. The molecule has 2 rings (SSSR count). The van der Waals surface area contributed by atoms with Crippen molar-refractivity contribution < 1.29 is 23.8 Å². The van der Waals surface area contributed by atoms with E-state index in [4.69, 9.17) is 20.3 Å². The van der Waals surface area contributed by atoms with Gasteiger partial charge in [0.2, 0.25) is 0 Å². The molecule has 0 saturated carbocycles. The fraction of sp³-hybridized carbons (Fsp3) is 0.133. The highest BCUT2D eigenvalue weighted by Gasteiger charge is 2.14. The third-order valence-corrected chi connectivity index (χ3v) is 2.88. The van der Waals surface area contributed by atoms with Crippen LogP contribution in [0.15, 0.2) is 36.4 Å². The smallest absolute Gasteiger partial charge is 0.339 e. The van der Waals surface area contributed by atoms with Gasteiger partial charge in [-0.3, -0.25) is 0 Å². The molecule has 0 radical (unpaired) electrons. The normalized spacial score (nSPS) is 10.2. The summed E-state index contributed by atoms with van der Waals surface area (Å²) in [6.45, 7) is -0.118. The van der Waals surface area contributed by atoms with Crippen molar-refractivity contribution in [3.8, 4) is 11.5 Å². The molecule has 0 fully saturated rings. The molecule has 0 atom stereocenters. The first-order chi connectivity index (χ1) is 10.0. The maximum Gasteiger partial charge on any atom is 0.339 e. The molecule has 0 bridgehead atoms. The first kappa shape index (κ1) is 14.6. The molecule has 110 valence electrons. The van der Waals surface area contributed by atoms with E-state index in [1.807, 2.05) is 0 Å². The lowest BCUT2D eigenvalue weighted by Gasteiger charge is -2.11. The van der Waals surface area contributed by atoms with E-state index in [2.05, 4.69) is 0 Å². The van der Waals surface area contributed by atoms with Crippen LogP contribution in [-0.2, 0) is 6.61 Å². The quantitative estimate of drug-likeness (QED) is 0.828. The summed E-state index contributed by atoms with van der Waals surface area (Å²) in [4.78, 5) is 11.1. The molecule has 0 aliphatic heterocycles. The van der Waals surface area contributed by atoms with E-state index >= 15 is 0 Å². The minimum Gasteiger partial charge on any atom is -0.494 e. The van der Waals surface area contributed by atoms with Gasteiger partial charge < -0.3 is 20.3 Å². The lowest BCUT2D eigenvalue weighted by molar-refractivity contribution is 0.0692. The Morgan fingerprint density at radius 2 is 2.05 bits per heavy atom. The molecule has 6 heteroatoms. The van der Waals surface area contributed by atoms with Gasteiger partial charge in [0.15, 0.2) is 11.6 Å². The number of hydrogen-bond donors (Lipinski definition) is 2. The van der Waals surface area contributed by atoms with Crippen LogP contribution in [0.4, 0.5) is 10.1 Å². The van der Waals surface area contributed by atoms with Gasteiger partial charge in [0, 0.05) is 11.3 Å². The second kappa shape index (κ2) is 6.13. The summed E-state index contributed by atoms with van der Waals surface area (Å²) in [6, 6.07) is 8.90. The lowest BCUT2D eigenvalue weighted by atomic mass is 10.1. The second-order valence-electron chi connectivity index (χ2n) is 4.28. The van der Waals surface area contributed by atoms with Gasteiger partial charge in [-0.25, -0.2) is 9.18 Å². The highest BCUT2D eigenvalue weighted by atomic mass is 19.1. The molecule has 0 spiro atoms. The molecule has 2 aromatic rings. The summed E-state index contributed by atoms with van der Waals surface area (Å²) in [7, 11) is 1.37. The van der Waals surface area contributed by atoms with Crippen molar-refractivity contribution in [2.24, 2.45) is 0 Å². The van der Waals surface area contributed by atoms with Crippen molar-refractivity contribution in [2.75, 3.05) is 12.8 Å². The second-order valence-corrected chi connectivity index (χ2v) is 4.28. The lowest BCUT2D eigenvalue weighted by Crippen LogP contribution is -2.05. The number of carboxylic acids is 1. The SMILES string of the molecule is COc1cccc(COc2ccc(N)cc2C(=O)O)c1F. The number of nitrogens with two attached hydrogens (primary N) is 1. The molecule has 2 aromatic carbocycles. The molecule has 5 nitrogen and oxygen atoms in total. The van der Waals surface area contributed by atoms with Crippen molar-refractivity contribution in [1.82, 2.24) is 0 Å². The van der Waals surface area contributed by atoms with Gasteiger partial charge in [-0.15, -0.1) is 0 Å². The van der Waals surface area contributed by atoms with E-state index < -0.39 is 11.8 Å². The van der Waals surface area contributed by atoms with Crippen LogP contribution >= 0.6 is 0 Å². The van der Waals surface area contributed by atoms with E-state index in [1.54, 1.807) is 6.07 Å². The molecule has 0 aliphatic carbocycles. The number of aromatic carboxylic acids is 1. The molecule has 0 amide bonds. The molecular weight excluding hydrogens is 277 g/mol. The van der Waals surface area contributed by atoms with Crippen molar-refractivity contribution >= 4 is 11.7 Å². The molecule has 21 heavy (non-hydrogen) atoms. The van der Waals surface area contributed by atoms with E-state index in [0.717, 1.165) is 0 Å². The highest BCUT2D eigenvalue weighted by Crippen LogP contribution is 2.25. The van der Waals surface area contributed by atoms with Gasteiger partial charge in [0.05, 0.1) is 7.11 Å². The number of rotatable bonds is 5. The third-order valence-electron chi connectivity index (χ3n) is 2.88. The number of halogens is 1. The molecule has 0 saturated heterocycles. The van der Waals surface area contributed by atoms with E-state index in [9.17, 15) is 9.18 Å². The van der Waals surface area contributed by atoms with Crippen molar-refractivity contribution in [2.45, 2.75) is 6.61 Å². The summed E-state index contributed by atoms with van der Waals surface area (Å²) < 4.78 is 24.2. The molecule has 0 aliphatic rings. The molecule has 0 unspecified atom stereocenters. The highest BCUT2D eigenvalue weighted by molar-refractivity contribution is 5.92. The first-order valence-electron chi connectivity index (χ1n) is 6.10. The summed E-state index contributed by atoms with van der Waals surface area (Å²) in [5.74, 6) is -1.47.